The first-order valence-corrected chi connectivity index (χ1v) is 4.72. The second kappa shape index (κ2) is 3.86. The van der Waals surface area contributed by atoms with E-state index in [1.165, 1.54) is 40.0 Å². The lowest BCUT2D eigenvalue weighted by molar-refractivity contribution is -0.194. The van der Waals surface area contributed by atoms with Gasteiger partial charge in [0.15, 0.2) is 0 Å². The van der Waals surface area contributed by atoms with Gasteiger partial charge in [-0.15, -0.1) is 0 Å². The molecule has 4 bridgehead atoms. The van der Waals surface area contributed by atoms with E-state index in [0.717, 1.165) is 7.85 Å². The van der Waals surface area contributed by atoms with E-state index < -0.39 is 5.87 Å². The van der Waals surface area contributed by atoms with E-state index >= 15 is 0 Å². The lowest BCUT2D eigenvalue weighted by Crippen LogP contribution is -2.71. The van der Waals surface area contributed by atoms with Crippen LogP contribution in [0.5, 0.6) is 0 Å². The molecule has 0 saturated carbocycles. The molecule has 4 fully saturated rings. The summed E-state index contributed by atoms with van der Waals surface area (Å²) in [5, 5.41) is 7.42. The van der Waals surface area contributed by atoms with Crippen molar-refractivity contribution in [3.05, 3.63) is 0 Å². The predicted molar refractivity (Wildman–Crippen MR) is 53.1 cm³/mol. The van der Waals surface area contributed by atoms with E-state index in [0.29, 0.717) is 0 Å². The van der Waals surface area contributed by atoms with Crippen LogP contribution in [0.1, 0.15) is 0 Å². The number of carbonyl (C=O) groups is 1. The first kappa shape index (κ1) is 9.91. The molecule has 0 amide bonds. The van der Waals surface area contributed by atoms with Crippen LogP contribution in [0, 0.1) is 0 Å². The zero-order chi connectivity index (χ0) is 10.1. The molecule has 0 aromatic heterocycles. The van der Waals surface area contributed by atoms with Crippen LogP contribution in [0.3, 0.4) is 0 Å². The Morgan fingerprint density at radius 1 is 0.857 bits per heavy atom. The summed E-state index contributed by atoms with van der Waals surface area (Å²) in [6.07, 6.45) is 0. The Morgan fingerprint density at radius 3 is 1.14 bits per heavy atom. The zero-order valence-corrected chi connectivity index (χ0v) is 8.39. The molecular formula is C7H15BN4O2. The van der Waals surface area contributed by atoms with Gasteiger partial charge in [-0.05, 0) is 0 Å². The summed E-state index contributed by atoms with van der Waals surface area (Å²) in [7, 11) is 1.08. The molecule has 0 atom stereocenters. The average Bonchev–Trinajstić information content (AvgIpc) is 1.98. The molecule has 4 saturated heterocycles. The maximum absolute atomic E-state index is 9.00. The lowest BCUT2D eigenvalue weighted by Gasteiger charge is -2.56. The number of nitrogens with zero attached hydrogens (tertiary/aromatic N) is 4. The molecule has 4 aliphatic heterocycles. The minimum atomic E-state index is -0.833. The van der Waals surface area contributed by atoms with Crippen LogP contribution in [-0.2, 0) is 0 Å². The molecule has 7 heteroatoms. The molecule has 4 aliphatic rings. The van der Waals surface area contributed by atoms with Crippen molar-refractivity contribution in [1.29, 1.82) is 0 Å². The maximum Gasteiger partial charge on any atom is 0.242 e. The van der Waals surface area contributed by atoms with Gasteiger partial charge >= 0.3 is 0 Å². The van der Waals surface area contributed by atoms with E-state index in [1.54, 1.807) is 0 Å². The van der Waals surface area contributed by atoms with E-state index in [-0.39, 0.29) is 0 Å². The van der Waals surface area contributed by atoms with Crippen molar-refractivity contribution in [2.75, 3.05) is 40.0 Å². The van der Waals surface area contributed by atoms with Gasteiger partial charge in [0, 0.05) is 0 Å². The molecule has 78 valence electrons. The molecule has 0 aromatic rings. The van der Waals surface area contributed by atoms with Crippen LogP contribution in [0.25, 0.3) is 0 Å². The molecule has 0 radical (unpaired) electrons. The van der Waals surface area contributed by atoms with Crippen molar-refractivity contribution in [3.8, 4) is 0 Å². The first-order chi connectivity index (χ1) is 6.63. The smallest absolute Gasteiger partial charge is 0.242 e. The molecule has 0 unspecified atom stereocenters. The van der Waals surface area contributed by atoms with Crippen molar-refractivity contribution >= 4 is 13.7 Å². The largest absolute Gasteiger partial charge is 0.490 e. The first-order valence-electron chi connectivity index (χ1n) is 4.72. The number of rotatable bonds is 0. The Hall–Kier alpha value is -0.625. The molecular weight excluding hydrogens is 183 g/mol. The van der Waals surface area contributed by atoms with E-state index in [2.05, 4.69) is 19.6 Å². The second-order valence-electron chi connectivity index (χ2n) is 4.05. The van der Waals surface area contributed by atoms with Gasteiger partial charge in [-0.25, -0.2) is 0 Å². The van der Waals surface area contributed by atoms with Crippen LogP contribution in [0.15, 0.2) is 0 Å². The minimum Gasteiger partial charge on any atom is -0.490 e. The van der Waals surface area contributed by atoms with Gasteiger partial charge in [0.2, 0.25) is 13.7 Å². The fraction of sp³-hybridized carbons (Fsp3) is 0.857. The highest BCUT2D eigenvalue weighted by atomic mass is 16.4. The highest BCUT2D eigenvalue weighted by molar-refractivity contribution is 6.54. The molecule has 4 heterocycles. The molecule has 0 aliphatic carbocycles. The Labute approximate surface area is 84.1 Å². The molecule has 0 aromatic carbocycles. The van der Waals surface area contributed by atoms with E-state index in [9.17, 15) is 0 Å². The second-order valence-corrected chi connectivity index (χ2v) is 4.05. The summed E-state index contributed by atoms with van der Waals surface area (Å²) in [6.45, 7) is 7.12. The summed E-state index contributed by atoms with van der Waals surface area (Å²) in [6, 6.07) is 0. The fourth-order valence-electron chi connectivity index (χ4n) is 2.23. The van der Waals surface area contributed by atoms with Gasteiger partial charge in [-0.1, -0.05) is 0 Å². The lowest BCUT2D eigenvalue weighted by atomic mass is 10.2. The Bertz CT molecular complexity index is 177. The minimum absolute atomic E-state index is 0.833. The fourth-order valence-corrected chi connectivity index (χ4v) is 2.23. The topological polar surface area (TPSA) is 50.3 Å². The van der Waals surface area contributed by atoms with Crippen LogP contribution < -0.4 is 0 Å². The third-order valence-electron chi connectivity index (χ3n) is 2.40. The van der Waals surface area contributed by atoms with Crippen molar-refractivity contribution < 1.29 is 9.90 Å². The van der Waals surface area contributed by atoms with Gasteiger partial charge in [-0.3, -0.25) is 24.4 Å². The number of hydrogen-bond donors (Lipinski definition) is 1. The van der Waals surface area contributed by atoms with Crippen LogP contribution >= 0.6 is 0 Å². The molecule has 0 spiro atoms. The van der Waals surface area contributed by atoms with Gasteiger partial charge in [0.25, 0.3) is 0 Å². The number of hydrogen-bond acceptors (Lipinski definition) is 5. The van der Waals surface area contributed by atoms with Crippen molar-refractivity contribution in [1.82, 2.24) is 19.6 Å². The Kier molecular flexibility index (Phi) is 2.73. The summed E-state index contributed by atoms with van der Waals surface area (Å²) in [4.78, 5) is 18.9. The third kappa shape index (κ3) is 2.24. The van der Waals surface area contributed by atoms with Crippen LogP contribution in [0.2, 0.25) is 0 Å². The summed E-state index contributed by atoms with van der Waals surface area (Å²) in [5.74, 6) is -0.833. The third-order valence-corrected chi connectivity index (χ3v) is 2.40. The van der Waals surface area contributed by atoms with E-state index in [4.69, 9.17) is 9.90 Å². The molecule has 6 nitrogen and oxygen atoms in total. The number of carboxylic acid groups (broad SMARTS) is 1. The summed E-state index contributed by atoms with van der Waals surface area (Å²) in [5.41, 5.74) is 0. The standard InChI is InChI=1S/C6H12N4.CH3BO2/c1-7-2-9-4-8(1)5-10(3-7)6-9;2-1(3)4/h1-6H2;2H2,(H,3,4). The molecule has 1 N–H and O–H groups in total. The Balaban J connectivity index is 0.000000165. The van der Waals surface area contributed by atoms with E-state index in [1.807, 2.05) is 0 Å². The van der Waals surface area contributed by atoms with Gasteiger partial charge in [-0.2, -0.15) is 0 Å². The quantitative estimate of drug-likeness (QED) is 0.467. The SMILES string of the molecule is BC(=O)O.C1N2CN3CN1CN(C2)C3. The van der Waals surface area contributed by atoms with Crippen LogP contribution in [0.4, 0.5) is 4.79 Å². The maximum atomic E-state index is 9.00. The van der Waals surface area contributed by atoms with Gasteiger partial charge < -0.3 is 5.11 Å². The van der Waals surface area contributed by atoms with Crippen molar-refractivity contribution in [2.45, 2.75) is 0 Å². The highest BCUT2D eigenvalue weighted by Gasteiger charge is 2.36. The predicted octanol–water partition coefficient (Wildman–Crippen LogP) is -1.72. The van der Waals surface area contributed by atoms with Gasteiger partial charge in [0.1, 0.15) is 0 Å². The van der Waals surface area contributed by atoms with Crippen LogP contribution in [-0.4, -0.2) is 78.4 Å². The van der Waals surface area contributed by atoms with Crippen molar-refractivity contribution in [3.63, 3.8) is 0 Å². The molecule has 14 heavy (non-hydrogen) atoms. The Morgan fingerprint density at radius 2 is 1.00 bits per heavy atom. The average molecular weight is 198 g/mol. The van der Waals surface area contributed by atoms with Gasteiger partial charge in [0.05, 0.1) is 40.0 Å². The summed E-state index contributed by atoms with van der Waals surface area (Å²) < 4.78 is 0. The highest BCUT2D eigenvalue weighted by Crippen LogP contribution is 2.20. The normalized spacial score (nSPS) is 42.9. The zero-order valence-electron chi connectivity index (χ0n) is 8.39. The summed E-state index contributed by atoms with van der Waals surface area (Å²) >= 11 is 0. The van der Waals surface area contributed by atoms with Crippen molar-refractivity contribution in [2.24, 2.45) is 0 Å². The molecule has 4 rings (SSSR count). The monoisotopic (exact) mass is 198 g/mol.